The molecule has 5 heteroatoms. The highest BCUT2D eigenvalue weighted by molar-refractivity contribution is 7.16. The summed E-state index contributed by atoms with van der Waals surface area (Å²) < 4.78 is 2.82. The van der Waals surface area contributed by atoms with E-state index in [0.29, 0.717) is 6.04 Å². The largest absolute Gasteiger partial charge is 0.306 e. The van der Waals surface area contributed by atoms with Crippen LogP contribution in [0.1, 0.15) is 34.2 Å². The van der Waals surface area contributed by atoms with Gasteiger partial charge in [-0.25, -0.2) is 0 Å². The molecule has 0 amide bonds. The van der Waals surface area contributed by atoms with Crippen LogP contribution in [0.3, 0.4) is 0 Å². The van der Waals surface area contributed by atoms with Gasteiger partial charge in [-0.05, 0) is 31.4 Å². The first-order valence-corrected chi connectivity index (χ1v) is 7.33. The molecule has 0 radical (unpaired) electrons. The summed E-state index contributed by atoms with van der Waals surface area (Å²) >= 11 is 7.79. The lowest BCUT2D eigenvalue weighted by atomic mass is 10.1. The molecular weight excluding hydrogens is 266 g/mol. The van der Waals surface area contributed by atoms with E-state index in [0.717, 1.165) is 17.3 Å². The molecule has 0 aromatic carbocycles. The fourth-order valence-electron chi connectivity index (χ4n) is 2.49. The van der Waals surface area contributed by atoms with Crippen LogP contribution in [-0.4, -0.2) is 9.78 Å². The van der Waals surface area contributed by atoms with Crippen LogP contribution in [0, 0.1) is 6.92 Å². The number of fused-ring (bicyclic) bond motifs is 1. The number of aromatic nitrogens is 2. The molecule has 0 fully saturated rings. The Morgan fingerprint density at radius 3 is 3.17 bits per heavy atom. The van der Waals surface area contributed by atoms with Gasteiger partial charge in [-0.15, -0.1) is 11.3 Å². The van der Waals surface area contributed by atoms with E-state index >= 15 is 0 Å². The molecule has 1 N–H and O–H groups in total. The first-order chi connectivity index (χ1) is 8.65. The van der Waals surface area contributed by atoms with Crippen molar-refractivity contribution in [2.24, 2.45) is 7.05 Å². The Balaban J connectivity index is 1.70. The summed E-state index contributed by atoms with van der Waals surface area (Å²) in [7, 11) is 1.98. The topological polar surface area (TPSA) is 29.9 Å². The molecule has 0 spiro atoms. The summed E-state index contributed by atoms with van der Waals surface area (Å²) in [6.07, 6.45) is 4.27. The van der Waals surface area contributed by atoms with Gasteiger partial charge in [0, 0.05) is 35.8 Å². The second-order valence-electron chi connectivity index (χ2n) is 4.78. The first kappa shape index (κ1) is 12.2. The summed E-state index contributed by atoms with van der Waals surface area (Å²) in [5, 5.41) is 7.88. The van der Waals surface area contributed by atoms with Crippen molar-refractivity contribution >= 4 is 22.9 Å². The molecule has 0 aliphatic heterocycles. The van der Waals surface area contributed by atoms with Crippen LogP contribution in [0.2, 0.25) is 4.34 Å². The van der Waals surface area contributed by atoms with E-state index in [1.165, 1.54) is 28.1 Å². The SMILES string of the molecule is Cc1c(CNC2CCc3sc(Cl)cc32)cnn1C. The molecule has 3 rings (SSSR count). The molecule has 96 valence electrons. The quantitative estimate of drug-likeness (QED) is 0.936. The fraction of sp³-hybridized carbons (Fsp3) is 0.462. The van der Waals surface area contributed by atoms with Gasteiger partial charge in [0.25, 0.3) is 0 Å². The smallest absolute Gasteiger partial charge is 0.0934 e. The van der Waals surface area contributed by atoms with Crippen molar-refractivity contribution in [1.29, 1.82) is 0 Å². The Bertz CT molecular complexity index is 573. The van der Waals surface area contributed by atoms with Gasteiger partial charge in [0.05, 0.1) is 10.5 Å². The molecule has 18 heavy (non-hydrogen) atoms. The van der Waals surface area contributed by atoms with Crippen molar-refractivity contribution in [3.05, 3.63) is 38.3 Å². The third-order valence-corrected chi connectivity index (χ3v) is 5.06. The maximum atomic E-state index is 6.07. The number of nitrogens with one attached hydrogen (secondary N) is 1. The molecule has 0 saturated carbocycles. The lowest BCUT2D eigenvalue weighted by Gasteiger charge is -2.12. The van der Waals surface area contributed by atoms with Gasteiger partial charge >= 0.3 is 0 Å². The van der Waals surface area contributed by atoms with Crippen LogP contribution >= 0.6 is 22.9 Å². The number of aryl methyl sites for hydroxylation is 2. The van der Waals surface area contributed by atoms with Gasteiger partial charge < -0.3 is 5.32 Å². The van der Waals surface area contributed by atoms with Gasteiger partial charge in [-0.1, -0.05) is 11.6 Å². The van der Waals surface area contributed by atoms with Crippen molar-refractivity contribution in [2.75, 3.05) is 0 Å². The minimum Gasteiger partial charge on any atom is -0.306 e. The number of hydrogen-bond acceptors (Lipinski definition) is 3. The summed E-state index contributed by atoms with van der Waals surface area (Å²) in [6, 6.07) is 2.56. The maximum Gasteiger partial charge on any atom is 0.0934 e. The average molecular weight is 282 g/mol. The van der Waals surface area contributed by atoms with E-state index in [9.17, 15) is 0 Å². The van der Waals surface area contributed by atoms with Gasteiger partial charge in [0.2, 0.25) is 0 Å². The van der Waals surface area contributed by atoms with Crippen LogP contribution in [0.4, 0.5) is 0 Å². The van der Waals surface area contributed by atoms with Gasteiger partial charge in [0.1, 0.15) is 0 Å². The predicted molar refractivity (Wildman–Crippen MR) is 75.2 cm³/mol. The second kappa shape index (κ2) is 4.68. The molecule has 2 heterocycles. The van der Waals surface area contributed by atoms with E-state index < -0.39 is 0 Å². The Morgan fingerprint density at radius 1 is 1.61 bits per heavy atom. The van der Waals surface area contributed by atoms with Crippen LogP contribution < -0.4 is 5.32 Å². The van der Waals surface area contributed by atoms with Crippen LogP contribution in [0.25, 0.3) is 0 Å². The van der Waals surface area contributed by atoms with Crippen molar-refractivity contribution in [3.63, 3.8) is 0 Å². The lowest BCUT2D eigenvalue weighted by molar-refractivity contribution is 0.529. The van der Waals surface area contributed by atoms with Crippen LogP contribution in [-0.2, 0) is 20.0 Å². The van der Waals surface area contributed by atoms with Gasteiger partial charge in [-0.2, -0.15) is 5.10 Å². The van der Waals surface area contributed by atoms with Crippen molar-refractivity contribution in [1.82, 2.24) is 15.1 Å². The Kier molecular flexibility index (Phi) is 3.18. The fourth-order valence-corrected chi connectivity index (χ4v) is 3.85. The molecule has 1 aliphatic rings. The highest BCUT2D eigenvalue weighted by atomic mass is 35.5. The molecule has 1 atom stereocenters. The lowest BCUT2D eigenvalue weighted by Crippen LogP contribution is -2.18. The average Bonchev–Trinajstić information content (AvgIpc) is 2.96. The molecule has 3 nitrogen and oxygen atoms in total. The third-order valence-electron chi connectivity index (χ3n) is 3.72. The summed E-state index contributed by atoms with van der Waals surface area (Å²) in [5.74, 6) is 0. The Morgan fingerprint density at radius 2 is 2.44 bits per heavy atom. The molecule has 1 aliphatic carbocycles. The summed E-state index contributed by atoms with van der Waals surface area (Å²) in [4.78, 5) is 1.44. The van der Waals surface area contributed by atoms with Crippen molar-refractivity contribution in [2.45, 2.75) is 32.4 Å². The van der Waals surface area contributed by atoms with E-state index in [1.807, 2.05) is 17.9 Å². The molecule has 0 bridgehead atoms. The normalized spacial score (nSPS) is 18.3. The second-order valence-corrected chi connectivity index (χ2v) is 6.55. The number of nitrogens with zero attached hydrogens (tertiary/aromatic N) is 2. The molecule has 1 unspecified atom stereocenters. The van der Waals surface area contributed by atoms with E-state index in [-0.39, 0.29) is 0 Å². The van der Waals surface area contributed by atoms with E-state index in [2.05, 4.69) is 23.4 Å². The monoisotopic (exact) mass is 281 g/mol. The van der Waals surface area contributed by atoms with Crippen LogP contribution in [0.15, 0.2) is 12.3 Å². The zero-order valence-electron chi connectivity index (χ0n) is 10.5. The standard InChI is InChI=1S/C13H16ClN3S/c1-8-9(7-16-17(8)2)6-15-11-3-4-12-10(11)5-13(14)18-12/h5,7,11,15H,3-4,6H2,1-2H3. The molecule has 2 aromatic rings. The summed E-state index contributed by atoms with van der Waals surface area (Å²) in [5.41, 5.74) is 3.89. The van der Waals surface area contributed by atoms with E-state index in [4.69, 9.17) is 11.6 Å². The minimum absolute atomic E-state index is 0.448. The van der Waals surface area contributed by atoms with Crippen molar-refractivity contribution < 1.29 is 0 Å². The van der Waals surface area contributed by atoms with Crippen molar-refractivity contribution in [3.8, 4) is 0 Å². The molecule has 2 aromatic heterocycles. The maximum absolute atomic E-state index is 6.07. The number of hydrogen-bond donors (Lipinski definition) is 1. The highest BCUT2D eigenvalue weighted by Gasteiger charge is 2.24. The summed E-state index contributed by atoms with van der Waals surface area (Å²) in [6.45, 7) is 2.97. The predicted octanol–water partition coefficient (Wildman–Crippen LogP) is 3.22. The van der Waals surface area contributed by atoms with Crippen LogP contribution in [0.5, 0.6) is 0 Å². The number of halogens is 1. The Hall–Kier alpha value is -0.840. The molecule has 0 saturated heterocycles. The first-order valence-electron chi connectivity index (χ1n) is 6.14. The highest BCUT2D eigenvalue weighted by Crippen LogP contribution is 2.39. The molecular formula is C13H16ClN3S. The third kappa shape index (κ3) is 2.09. The van der Waals surface area contributed by atoms with Gasteiger partial charge in [-0.3, -0.25) is 4.68 Å². The van der Waals surface area contributed by atoms with Gasteiger partial charge in [0.15, 0.2) is 0 Å². The number of rotatable bonds is 3. The van der Waals surface area contributed by atoms with E-state index in [1.54, 1.807) is 11.3 Å². The minimum atomic E-state index is 0.448. The number of thiophene rings is 1. The Labute approximate surface area is 116 Å². The zero-order chi connectivity index (χ0) is 12.7. The zero-order valence-corrected chi connectivity index (χ0v) is 12.1.